The highest BCUT2D eigenvalue weighted by atomic mass is 31.2. The number of hydrogen-bond acceptors (Lipinski definition) is 9. The quantitative estimate of drug-likeness (QED) is 0.219. The van der Waals surface area contributed by atoms with Crippen LogP contribution in [0.4, 0.5) is 0 Å². The molecule has 0 amide bonds. The number of aliphatic hydroxyl groups is 4. The van der Waals surface area contributed by atoms with Gasteiger partial charge in [-0.25, -0.2) is 4.31 Å². The van der Waals surface area contributed by atoms with E-state index in [1.165, 1.54) is 0 Å². The molecule has 11 heteroatoms. The Labute approximate surface area is 145 Å². The van der Waals surface area contributed by atoms with Crippen LogP contribution < -0.4 is 0 Å². The van der Waals surface area contributed by atoms with Crippen LogP contribution in [-0.2, 0) is 4.31 Å². The van der Waals surface area contributed by atoms with Gasteiger partial charge in [0, 0.05) is 0 Å². The van der Waals surface area contributed by atoms with Crippen molar-refractivity contribution in [1.82, 2.24) is 0 Å². The van der Waals surface area contributed by atoms with Gasteiger partial charge >= 0.3 is 17.2 Å². The molecule has 148 valence electrons. The zero-order chi connectivity index (χ0) is 19.2. The topological polar surface area (TPSA) is 171 Å². The van der Waals surface area contributed by atoms with Gasteiger partial charge in [0.2, 0.25) is 0 Å². The van der Waals surface area contributed by atoms with E-state index in [1.807, 2.05) is 13.8 Å². The summed E-state index contributed by atoms with van der Waals surface area (Å²) in [5, 5.41) is 39.0. The number of rotatable bonds is 12. The molecule has 24 heavy (non-hydrogen) atoms. The monoisotopic (exact) mass is 394 g/mol. The van der Waals surface area contributed by atoms with Crippen LogP contribution in [0.3, 0.4) is 0 Å². The molecule has 0 saturated heterocycles. The van der Waals surface area contributed by atoms with E-state index < -0.39 is 48.0 Å². The van der Waals surface area contributed by atoms with Gasteiger partial charge in [-0.15, -0.1) is 0 Å². The normalized spacial score (nSPS) is 12.5. The molecule has 0 atom stereocenters. The lowest BCUT2D eigenvalue weighted by atomic mass is 9.68. The third-order valence-corrected chi connectivity index (χ3v) is 5.10. The van der Waals surface area contributed by atoms with Crippen LogP contribution in [0.25, 0.3) is 0 Å². The molecule has 0 unspecified atom stereocenters. The maximum absolute atomic E-state index is 10.7. The van der Waals surface area contributed by atoms with Crippen molar-refractivity contribution in [1.29, 1.82) is 0 Å². The maximum atomic E-state index is 10.7. The van der Waals surface area contributed by atoms with E-state index in [4.69, 9.17) is 19.6 Å². The molecular weight excluding hydrogens is 362 g/mol. The molecule has 0 saturated carbocycles. The van der Waals surface area contributed by atoms with E-state index in [-0.39, 0.29) is 0 Å². The van der Waals surface area contributed by atoms with Crippen molar-refractivity contribution in [3.05, 3.63) is 0 Å². The summed E-state index contributed by atoms with van der Waals surface area (Å²) in [5.41, 5.74) is -2.38. The molecule has 0 aromatic carbocycles. The first-order valence-electron chi connectivity index (χ1n) is 7.77. The number of unbranched alkanes of at least 4 members (excludes halogenated alkanes) is 2. The minimum atomic E-state index is -2.61. The van der Waals surface area contributed by atoms with Crippen LogP contribution in [0.15, 0.2) is 0 Å². The minimum absolute atomic E-state index is 0.399. The Kier molecular flexibility index (Phi) is 16.3. The molecule has 0 bridgehead atoms. The smallest absolute Gasteiger partial charge is 0.334 e. The highest BCUT2D eigenvalue weighted by molar-refractivity contribution is 7.53. The van der Waals surface area contributed by atoms with Gasteiger partial charge in [0.05, 0.1) is 30.8 Å². The Morgan fingerprint density at radius 2 is 1.08 bits per heavy atom. The first-order chi connectivity index (χ1) is 11.2. The van der Waals surface area contributed by atoms with Crippen LogP contribution in [0.2, 0.25) is 0 Å². The average molecular weight is 394 g/mol. The van der Waals surface area contributed by atoms with E-state index in [0.29, 0.717) is 12.8 Å². The van der Waals surface area contributed by atoms with E-state index in [1.54, 1.807) is 0 Å². The van der Waals surface area contributed by atoms with Crippen molar-refractivity contribution in [2.75, 3.05) is 19.8 Å². The van der Waals surface area contributed by atoms with Crippen molar-refractivity contribution in [3.8, 4) is 0 Å². The van der Waals surface area contributed by atoms with Crippen LogP contribution in [0, 0.1) is 5.41 Å². The molecule has 0 heterocycles. The molecule has 0 radical (unpaired) electrons. The summed E-state index contributed by atoms with van der Waals surface area (Å²) in [4.78, 5) is 31.3. The van der Waals surface area contributed by atoms with Gasteiger partial charge < -0.3 is 40.0 Å². The van der Waals surface area contributed by atoms with E-state index >= 15 is 0 Å². The summed E-state index contributed by atoms with van der Waals surface area (Å²) in [5.74, 6) is 0. The maximum Gasteiger partial charge on any atom is 0.334 e. The van der Waals surface area contributed by atoms with Gasteiger partial charge in [-0.3, -0.25) is 0 Å². The summed E-state index contributed by atoms with van der Waals surface area (Å²) in [6.45, 7) is 2.86. The molecule has 0 rings (SSSR count). The van der Waals surface area contributed by atoms with Crippen LogP contribution in [0.5, 0.6) is 0 Å². The predicted octanol–water partition coefficient (Wildman–Crippen LogP) is 0.487. The van der Waals surface area contributed by atoms with Crippen LogP contribution in [0.1, 0.15) is 52.4 Å². The second kappa shape index (κ2) is 14.6. The van der Waals surface area contributed by atoms with E-state index in [9.17, 15) is 20.4 Å². The lowest BCUT2D eigenvalue weighted by Crippen LogP contribution is -2.55. The van der Waals surface area contributed by atoms with Crippen molar-refractivity contribution >= 4 is 17.2 Å². The molecule has 0 aliphatic carbocycles. The molecule has 0 spiro atoms. The Balaban J connectivity index is 0. The fourth-order valence-electron chi connectivity index (χ4n) is 2.25. The summed E-state index contributed by atoms with van der Waals surface area (Å²) in [6.07, 6.45) is 4.53. The highest BCUT2D eigenvalue weighted by Gasteiger charge is 2.48. The molecule has 8 N–H and O–H groups in total. The van der Waals surface area contributed by atoms with E-state index in [2.05, 4.69) is 4.31 Å². The minimum Gasteiger partial charge on any atom is -0.395 e. The Hall–Kier alpha value is 0.500. The van der Waals surface area contributed by atoms with Crippen LogP contribution >= 0.6 is 17.2 Å². The molecular formula is C13H32O9P2. The summed E-state index contributed by atoms with van der Waals surface area (Å²) in [7, 11) is -5.22. The average Bonchev–Trinajstić information content (AvgIpc) is 2.52. The molecule has 0 aliphatic rings. The molecule has 0 aromatic heterocycles. The zero-order valence-corrected chi connectivity index (χ0v) is 16.0. The molecule has 0 aliphatic heterocycles. The zero-order valence-electron chi connectivity index (χ0n) is 14.2. The first-order valence-corrected chi connectivity index (χ1v) is 10.1. The lowest BCUT2D eigenvalue weighted by Gasteiger charge is -2.44. The third-order valence-electron chi connectivity index (χ3n) is 3.93. The standard InChI is InChI=1S/C13H28O4.H4O5P2/c1-3-5-7-13(17,8-6-4-2)12(9-14,10-15)11-16;1-6(2)5-7(3)4/h14-17H,3-11H2,1-2H3;1-4H. The Morgan fingerprint density at radius 1 is 0.750 bits per heavy atom. The molecule has 9 nitrogen and oxygen atoms in total. The van der Waals surface area contributed by atoms with Gasteiger partial charge in [0.25, 0.3) is 0 Å². The van der Waals surface area contributed by atoms with Gasteiger partial charge in [-0.2, -0.15) is 0 Å². The fraction of sp³-hybridized carbons (Fsp3) is 1.00. The number of hydrogen-bond donors (Lipinski definition) is 8. The second-order valence-electron chi connectivity index (χ2n) is 5.58. The van der Waals surface area contributed by atoms with Crippen LogP contribution in [-0.4, -0.2) is 65.4 Å². The van der Waals surface area contributed by atoms with Gasteiger partial charge in [-0.05, 0) is 12.8 Å². The summed E-state index contributed by atoms with van der Waals surface area (Å²) < 4.78 is 3.60. The van der Waals surface area contributed by atoms with Gasteiger partial charge in [-0.1, -0.05) is 39.5 Å². The predicted molar refractivity (Wildman–Crippen MR) is 91.5 cm³/mol. The van der Waals surface area contributed by atoms with Gasteiger partial charge in [0.15, 0.2) is 0 Å². The van der Waals surface area contributed by atoms with E-state index in [0.717, 1.165) is 25.7 Å². The third kappa shape index (κ3) is 9.85. The van der Waals surface area contributed by atoms with Gasteiger partial charge in [0.1, 0.15) is 0 Å². The largest absolute Gasteiger partial charge is 0.395 e. The van der Waals surface area contributed by atoms with Crippen molar-refractivity contribution in [2.45, 2.75) is 58.0 Å². The lowest BCUT2D eigenvalue weighted by molar-refractivity contribution is -0.162. The highest BCUT2D eigenvalue weighted by Crippen LogP contribution is 2.41. The SMILES string of the molecule is CCCCC(O)(CCCC)C(CO)(CO)CO.OP(O)OP(O)O. The Morgan fingerprint density at radius 3 is 1.25 bits per heavy atom. The first kappa shape index (κ1) is 26.7. The summed E-state index contributed by atoms with van der Waals surface area (Å²) in [6, 6.07) is 0. The molecule has 0 aromatic rings. The fourth-order valence-corrected chi connectivity index (χ4v) is 2.77. The molecule has 0 fully saturated rings. The summed E-state index contributed by atoms with van der Waals surface area (Å²) >= 11 is 0. The van der Waals surface area contributed by atoms with Crippen molar-refractivity contribution in [2.24, 2.45) is 5.41 Å². The Bertz CT molecular complexity index is 266. The van der Waals surface area contributed by atoms with Crippen molar-refractivity contribution < 1.29 is 44.3 Å². The van der Waals surface area contributed by atoms with Crippen molar-refractivity contribution in [3.63, 3.8) is 0 Å². The number of aliphatic hydroxyl groups excluding tert-OH is 3. The second-order valence-corrected chi connectivity index (χ2v) is 7.24.